The molecule has 0 radical (unpaired) electrons. The number of nitrogens with zero attached hydrogens (tertiary/aromatic N) is 2. The van der Waals surface area contributed by atoms with Crippen LogP contribution in [-0.4, -0.2) is 54.7 Å². The number of benzene rings is 2. The van der Waals surface area contributed by atoms with Gasteiger partial charge in [0.1, 0.15) is 5.75 Å². The van der Waals surface area contributed by atoms with Gasteiger partial charge in [-0.25, -0.2) is 0 Å². The van der Waals surface area contributed by atoms with Crippen molar-refractivity contribution < 1.29 is 9.53 Å². The topological polar surface area (TPSA) is 32.8 Å². The van der Waals surface area contributed by atoms with Crippen LogP contribution >= 0.6 is 11.8 Å². The lowest BCUT2D eigenvalue weighted by atomic mass is 9.90. The number of amides is 1. The van der Waals surface area contributed by atoms with Crippen LogP contribution in [0.3, 0.4) is 0 Å². The van der Waals surface area contributed by atoms with Crippen molar-refractivity contribution >= 4 is 17.7 Å². The highest BCUT2D eigenvalue weighted by molar-refractivity contribution is 7.99. The van der Waals surface area contributed by atoms with Gasteiger partial charge >= 0.3 is 0 Å². The predicted molar refractivity (Wildman–Crippen MR) is 128 cm³/mol. The van der Waals surface area contributed by atoms with Gasteiger partial charge in [-0.15, -0.1) is 11.8 Å². The van der Waals surface area contributed by atoms with Crippen molar-refractivity contribution in [2.24, 2.45) is 5.92 Å². The molecule has 0 atom stereocenters. The number of fused-ring (bicyclic) bond motifs is 1. The van der Waals surface area contributed by atoms with Crippen LogP contribution in [0, 0.1) is 12.8 Å². The maximum Gasteiger partial charge on any atom is 0.224 e. The fraction of sp³-hybridized carbons (Fsp3) is 0.500. The van der Waals surface area contributed by atoms with Crippen LogP contribution in [0.15, 0.2) is 47.4 Å². The Bertz CT molecular complexity index is 875. The molecule has 2 aromatic rings. The van der Waals surface area contributed by atoms with Crippen LogP contribution in [0.1, 0.15) is 36.0 Å². The van der Waals surface area contributed by atoms with Gasteiger partial charge in [0.05, 0.1) is 7.11 Å². The molecule has 1 saturated heterocycles. The van der Waals surface area contributed by atoms with Crippen molar-refractivity contribution in [3.63, 3.8) is 0 Å². The summed E-state index contributed by atoms with van der Waals surface area (Å²) in [6.07, 6.45) is 4.26. The summed E-state index contributed by atoms with van der Waals surface area (Å²) in [4.78, 5) is 18.7. The Morgan fingerprint density at radius 2 is 1.87 bits per heavy atom. The molecular weight excluding hydrogens is 404 g/mol. The number of methoxy groups -OCH3 is 1. The lowest BCUT2D eigenvalue weighted by Crippen LogP contribution is -2.38. The quantitative estimate of drug-likeness (QED) is 0.650. The van der Waals surface area contributed by atoms with E-state index in [9.17, 15) is 4.79 Å². The number of rotatable bonds is 6. The molecule has 31 heavy (non-hydrogen) atoms. The highest BCUT2D eigenvalue weighted by Crippen LogP contribution is 2.30. The molecule has 0 aliphatic carbocycles. The summed E-state index contributed by atoms with van der Waals surface area (Å²) in [5.41, 5.74) is 3.98. The van der Waals surface area contributed by atoms with Crippen molar-refractivity contribution in [1.29, 1.82) is 0 Å². The molecule has 1 amide bonds. The molecule has 4 nitrogen and oxygen atoms in total. The molecule has 0 unspecified atom stereocenters. The Balaban J connectivity index is 1.23. The maximum atomic E-state index is 12.9. The van der Waals surface area contributed by atoms with Gasteiger partial charge in [-0.1, -0.05) is 29.8 Å². The molecule has 4 rings (SSSR count). The van der Waals surface area contributed by atoms with Gasteiger partial charge < -0.3 is 14.5 Å². The fourth-order valence-corrected chi connectivity index (χ4v) is 5.60. The van der Waals surface area contributed by atoms with Gasteiger partial charge in [-0.2, -0.15) is 0 Å². The van der Waals surface area contributed by atoms with E-state index in [0.29, 0.717) is 13.0 Å². The second-order valence-electron chi connectivity index (χ2n) is 8.86. The summed E-state index contributed by atoms with van der Waals surface area (Å²) in [6, 6.07) is 15.2. The van der Waals surface area contributed by atoms with Crippen LogP contribution in [-0.2, 0) is 17.8 Å². The monoisotopic (exact) mass is 438 g/mol. The summed E-state index contributed by atoms with van der Waals surface area (Å²) >= 11 is 1.84. The van der Waals surface area contributed by atoms with Crippen LogP contribution in [0.25, 0.3) is 0 Å². The van der Waals surface area contributed by atoms with Crippen molar-refractivity contribution in [1.82, 2.24) is 9.80 Å². The SMILES string of the molecule is COc1ccc2c(c1)CN(C(=O)CCN1CCC(Cc3ccc(C)cc3)CC1)CCS2. The second-order valence-corrected chi connectivity index (χ2v) is 10.00. The third-order valence-corrected chi connectivity index (χ3v) is 7.69. The summed E-state index contributed by atoms with van der Waals surface area (Å²) in [5.74, 6) is 2.86. The number of carbonyl (C=O) groups excluding carboxylic acids is 1. The first-order valence-corrected chi connectivity index (χ1v) is 12.4. The summed E-state index contributed by atoms with van der Waals surface area (Å²) in [6.45, 7) is 6.75. The average Bonchev–Trinajstić information content (AvgIpc) is 3.02. The molecule has 2 aromatic carbocycles. The smallest absolute Gasteiger partial charge is 0.224 e. The van der Waals surface area contributed by atoms with Gasteiger partial charge in [0.15, 0.2) is 0 Å². The van der Waals surface area contributed by atoms with E-state index in [-0.39, 0.29) is 5.91 Å². The lowest BCUT2D eigenvalue weighted by Gasteiger charge is -2.32. The molecule has 5 heteroatoms. The Hall–Kier alpha value is -1.98. The number of carbonyl (C=O) groups is 1. The zero-order chi connectivity index (χ0) is 21.6. The van der Waals surface area contributed by atoms with E-state index in [0.717, 1.165) is 43.6 Å². The molecule has 0 spiro atoms. The van der Waals surface area contributed by atoms with Gasteiger partial charge in [0.2, 0.25) is 5.91 Å². The van der Waals surface area contributed by atoms with Gasteiger partial charge in [-0.3, -0.25) is 4.79 Å². The Kier molecular flexibility index (Phi) is 7.57. The minimum atomic E-state index is 0.276. The van der Waals surface area contributed by atoms with Gasteiger partial charge in [0, 0.05) is 36.7 Å². The van der Waals surface area contributed by atoms with E-state index < -0.39 is 0 Å². The molecular formula is C26H34N2O2S. The first kappa shape index (κ1) is 22.2. The van der Waals surface area contributed by atoms with E-state index >= 15 is 0 Å². The highest BCUT2D eigenvalue weighted by atomic mass is 32.2. The molecule has 2 aliphatic heterocycles. The van der Waals surface area contributed by atoms with Crippen molar-refractivity contribution in [2.45, 2.75) is 44.0 Å². The standard InChI is InChI=1S/C26H34N2O2S/c1-20-3-5-21(6-4-20)17-22-9-12-27(13-10-22)14-11-26(29)28-15-16-31-25-8-7-24(30-2)18-23(25)19-28/h3-8,18,22H,9-17,19H2,1-2H3. The average molecular weight is 439 g/mol. The van der Waals surface area contributed by atoms with Crippen LogP contribution in [0.4, 0.5) is 0 Å². The van der Waals surface area contributed by atoms with E-state index in [4.69, 9.17) is 4.74 Å². The van der Waals surface area contributed by atoms with Crippen LogP contribution in [0.5, 0.6) is 5.75 Å². The summed E-state index contributed by atoms with van der Waals surface area (Å²) in [7, 11) is 1.69. The van der Waals surface area contributed by atoms with Crippen LogP contribution in [0.2, 0.25) is 0 Å². The largest absolute Gasteiger partial charge is 0.497 e. The van der Waals surface area contributed by atoms with Crippen molar-refractivity contribution in [3.05, 3.63) is 59.2 Å². The van der Waals surface area contributed by atoms with Gasteiger partial charge in [0.25, 0.3) is 0 Å². The Labute approximate surface area is 191 Å². The molecule has 2 aliphatic rings. The number of hydrogen-bond donors (Lipinski definition) is 0. The van der Waals surface area contributed by atoms with E-state index in [1.807, 2.05) is 22.7 Å². The number of piperidine rings is 1. The zero-order valence-electron chi connectivity index (χ0n) is 18.8. The number of thioether (sulfide) groups is 1. The van der Waals surface area contributed by atoms with Crippen molar-refractivity contribution in [2.75, 3.05) is 39.0 Å². The molecule has 1 fully saturated rings. The number of aryl methyl sites for hydroxylation is 1. The number of likely N-dealkylation sites (tertiary alicyclic amines) is 1. The third-order valence-electron chi connectivity index (χ3n) is 6.59. The third kappa shape index (κ3) is 6.05. The minimum Gasteiger partial charge on any atom is -0.497 e. The molecule has 0 aromatic heterocycles. The molecule has 0 N–H and O–H groups in total. The summed E-state index contributed by atoms with van der Waals surface area (Å²) in [5, 5.41) is 0. The molecule has 0 bridgehead atoms. The van der Waals surface area contributed by atoms with E-state index in [2.05, 4.69) is 48.2 Å². The van der Waals surface area contributed by atoms with Gasteiger partial charge in [-0.05, 0) is 74.5 Å². The lowest BCUT2D eigenvalue weighted by molar-refractivity contribution is -0.132. The maximum absolute atomic E-state index is 12.9. The van der Waals surface area contributed by atoms with E-state index in [1.54, 1.807) is 7.11 Å². The predicted octanol–water partition coefficient (Wildman–Crippen LogP) is 4.78. The number of ether oxygens (including phenoxy) is 1. The normalized spacial score (nSPS) is 17.8. The molecule has 2 heterocycles. The minimum absolute atomic E-state index is 0.276. The van der Waals surface area contributed by atoms with Crippen molar-refractivity contribution in [3.8, 4) is 5.75 Å². The highest BCUT2D eigenvalue weighted by Gasteiger charge is 2.23. The fourth-order valence-electron chi connectivity index (χ4n) is 4.59. The zero-order valence-corrected chi connectivity index (χ0v) is 19.6. The molecule has 166 valence electrons. The second kappa shape index (κ2) is 10.6. The Morgan fingerprint density at radius 1 is 1.10 bits per heavy atom. The molecule has 0 saturated carbocycles. The first-order chi connectivity index (χ1) is 15.1. The van der Waals surface area contributed by atoms with Crippen LogP contribution < -0.4 is 4.74 Å². The first-order valence-electron chi connectivity index (χ1n) is 11.5. The number of hydrogen-bond acceptors (Lipinski definition) is 4. The Morgan fingerprint density at radius 3 is 2.61 bits per heavy atom. The van der Waals surface area contributed by atoms with E-state index in [1.165, 1.54) is 40.8 Å². The summed E-state index contributed by atoms with van der Waals surface area (Å²) < 4.78 is 5.38.